The lowest BCUT2D eigenvalue weighted by atomic mass is 9.88. The fraction of sp³-hybridized carbons (Fsp3) is 0.409. The van der Waals surface area contributed by atoms with Gasteiger partial charge in [0, 0.05) is 0 Å². The zero-order valence-corrected chi connectivity index (χ0v) is 15.4. The van der Waals surface area contributed by atoms with E-state index in [4.69, 9.17) is 4.74 Å². The minimum Gasteiger partial charge on any atom is -0.484 e. The Hall–Kier alpha value is -2.33. The van der Waals surface area contributed by atoms with Gasteiger partial charge in [0.1, 0.15) is 11.4 Å². The molecule has 0 saturated heterocycles. The van der Waals surface area contributed by atoms with Gasteiger partial charge in [0.05, 0.1) is 6.54 Å². The van der Waals surface area contributed by atoms with Gasteiger partial charge in [0.25, 0.3) is 5.91 Å². The van der Waals surface area contributed by atoms with Crippen LogP contribution in [-0.4, -0.2) is 24.2 Å². The van der Waals surface area contributed by atoms with Crippen LogP contribution in [0.25, 0.3) is 0 Å². The second kappa shape index (κ2) is 7.92. The predicted octanol–water partition coefficient (Wildman–Crippen LogP) is 3.60. The molecule has 1 fully saturated rings. The maximum atomic E-state index is 12.2. The molecule has 138 valence electrons. The van der Waals surface area contributed by atoms with Gasteiger partial charge in [-0.3, -0.25) is 4.79 Å². The van der Waals surface area contributed by atoms with Crippen molar-refractivity contribution in [3.05, 3.63) is 65.7 Å². The summed E-state index contributed by atoms with van der Waals surface area (Å²) < 4.78 is 5.56. The lowest BCUT2D eigenvalue weighted by Gasteiger charge is -2.29. The molecule has 0 heterocycles. The maximum absolute atomic E-state index is 12.2. The molecule has 2 N–H and O–H groups in total. The van der Waals surface area contributed by atoms with Crippen molar-refractivity contribution in [3.8, 4) is 5.75 Å². The number of carbonyl (C=O) groups is 1. The van der Waals surface area contributed by atoms with E-state index in [1.165, 1.54) is 5.56 Å². The Morgan fingerprint density at radius 2 is 1.81 bits per heavy atom. The third-order valence-electron chi connectivity index (χ3n) is 5.00. The molecule has 1 atom stereocenters. The number of hydrogen-bond acceptors (Lipinski definition) is 3. The minimum absolute atomic E-state index is 0.0590. The highest BCUT2D eigenvalue weighted by Gasteiger charge is 2.45. The highest BCUT2D eigenvalue weighted by atomic mass is 16.5. The molecule has 1 aliphatic carbocycles. The Bertz CT molecular complexity index is 723. The first kappa shape index (κ1) is 18.5. The molecular weight excluding hydrogens is 326 g/mol. The third-order valence-corrected chi connectivity index (χ3v) is 5.00. The van der Waals surface area contributed by atoms with E-state index in [9.17, 15) is 9.90 Å². The summed E-state index contributed by atoms with van der Waals surface area (Å²) in [4.78, 5) is 12.2. The van der Waals surface area contributed by atoms with Gasteiger partial charge in [-0.2, -0.15) is 0 Å². The van der Waals surface area contributed by atoms with Crippen molar-refractivity contribution in [3.63, 3.8) is 0 Å². The first-order chi connectivity index (χ1) is 12.5. The first-order valence-corrected chi connectivity index (χ1v) is 9.26. The van der Waals surface area contributed by atoms with Crippen molar-refractivity contribution < 1.29 is 14.6 Å². The van der Waals surface area contributed by atoms with Crippen LogP contribution in [0.5, 0.6) is 5.75 Å². The van der Waals surface area contributed by atoms with Crippen LogP contribution in [0.3, 0.4) is 0 Å². The van der Waals surface area contributed by atoms with Crippen molar-refractivity contribution in [2.45, 2.75) is 38.2 Å². The number of benzene rings is 2. The molecule has 26 heavy (non-hydrogen) atoms. The topological polar surface area (TPSA) is 58.6 Å². The van der Waals surface area contributed by atoms with Crippen molar-refractivity contribution in [1.82, 2.24) is 5.32 Å². The third kappa shape index (κ3) is 4.44. The molecule has 1 amide bonds. The molecule has 0 spiro atoms. The maximum Gasteiger partial charge on any atom is 0.258 e. The largest absolute Gasteiger partial charge is 0.484 e. The molecule has 4 heteroatoms. The lowest BCUT2D eigenvalue weighted by molar-refractivity contribution is -0.124. The summed E-state index contributed by atoms with van der Waals surface area (Å²) in [6.07, 6.45) is 1.97. The number of aliphatic hydroxyl groups is 1. The molecular formula is C22H27NO3. The molecule has 2 aromatic carbocycles. The standard InChI is InChI=1S/C22H27NO3/c1-16(2)17-8-12-20(13-9-17)26-14-21(24)23-15-22(25,19-10-11-19)18-6-4-3-5-7-18/h3-9,12-13,16,19,25H,10-11,14-15H2,1-2H3,(H,23,24). The zero-order valence-electron chi connectivity index (χ0n) is 15.4. The summed E-state index contributed by atoms with van der Waals surface area (Å²) in [6, 6.07) is 17.4. The van der Waals surface area contributed by atoms with E-state index < -0.39 is 5.60 Å². The van der Waals surface area contributed by atoms with Crippen molar-refractivity contribution in [2.75, 3.05) is 13.2 Å². The highest BCUT2D eigenvalue weighted by Crippen LogP contribution is 2.45. The summed E-state index contributed by atoms with van der Waals surface area (Å²) in [5.41, 5.74) is 1.09. The number of amides is 1. The van der Waals surface area contributed by atoms with Crippen LogP contribution in [-0.2, 0) is 10.4 Å². The lowest BCUT2D eigenvalue weighted by Crippen LogP contribution is -2.43. The van der Waals surface area contributed by atoms with E-state index >= 15 is 0 Å². The smallest absolute Gasteiger partial charge is 0.258 e. The van der Waals surface area contributed by atoms with Crippen LogP contribution < -0.4 is 10.1 Å². The summed E-state index contributed by atoms with van der Waals surface area (Å²) in [7, 11) is 0. The SMILES string of the molecule is CC(C)c1ccc(OCC(=O)NCC(O)(c2ccccc2)C2CC2)cc1. The van der Waals surface area contributed by atoms with Crippen molar-refractivity contribution in [1.29, 1.82) is 0 Å². The molecule has 0 aliphatic heterocycles. The Kier molecular flexibility index (Phi) is 5.62. The number of rotatable bonds is 8. The molecule has 0 aromatic heterocycles. The second-order valence-electron chi connectivity index (χ2n) is 7.35. The van der Waals surface area contributed by atoms with Gasteiger partial charge in [0.15, 0.2) is 6.61 Å². The molecule has 4 nitrogen and oxygen atoms in total. The number of hydrogen-bond donors (Lipinski definition) is 2. The second-order valence-corrected chi connectivity index (χ2v) is 7.35. The Balaban J connectivity index is 1.53. The van der Waals surface area contributed by atoms with E-state index in [0.29, 0.717) is 11.7 Å². The Morgan fingerprint density at radius 1 is 1.15 bits per heavy atom. The van der Waals surface area contributed by atoms with Gasteiger partial charge in [-0.25, -0.2) is 0 Å². The average molecular weight is 353 g/mol. The van der Waals surface area contributed by atoms with E-state index in [1.54, 1.807) is 0 Å². The van der Waals surface area contributed by atoms with Gasteiger partial charge >= 0.3 is 0 Å². The van der Waals surface area contributed by atoms with Crippen LogP contribution in [0.2, 0.25) is 0 Å². The Morgan fingerprint density at radius 3 is 2.38 bits per heavy atom. The zero-order chi connectivity index (χ0) is 18.6. The van der Waals surface area contributed by atoms with Gasteiger partial charge in [-0.15, -0.1) is 0 Å². The fourth-order valence-electron chi connectivity index (χ4n) is 3.15. The number of carbonyl (C=O) groups excluding carboxylic acids is 1. The van der Waals surface area contributed by atoms with Gasteiger partial charge < -0.3 is 15.2 Å². The number of ether oxygens (including phenoxy) is 1. The van der Waals surface area contributed by atoms with Crippen LogP contribution in [0.1, 0.15) is 43.7 Å². The van der Waals surface area contributed by atoms with Crippen molar-refractivity contribution in [2.24, 2.45) is 5.92 Å². The minimum atomic E-state index is -1.00. The quantitative estimate of drug-likeness (QED) is 0.762. The molecule has 0 radical (unpaired) electrons. The van der Waals surface area contributed by atoms with Crippen molar-refractivity contribution >= 4 is 5.91 Å². The van der Waals surface area contributed by atoms with E-state index in [-0.39, 0.29) is 25.0 Å². The number of nitrogens with one attached hydrogen (secondary N) is 1. The predicted molar refractivity (Wildman–Crippen MR) is 102 cm³/mol. The Labute approximate surface area is 155 Å². The highest BCUT2D eigenvalue weighted by molar-refractivity contribution is 5.77. The van der Waals surface area contributed by atoms with Crippen LogP contribution in [0.4, 0.5) is 0 Å². The molecule has 1 saturated carbocycles. The van der Waals surface area contributed by atoms with Gasteiger partial charge in [-0.1, -0.05) is 56.3 Å². The summed E-state index contributed by atoms with van der Waals surface area (Å²) >= 11 is 0. The summed E-state index contributed by atoms with van der Waals surface area (Å²) in [5, 5.41) is 13.9. The molecule has 1 unspecified atom stereocenters. The van der Waals surface area contributed by atoms with Crippen LogP contribution in [0, 0.1) is 5.92 Å². The van der Waals surface area contributed by atoms with Crippen LogP contribution >= 0.6 is 0 Å². The fourth-order valence-corrected chi connectivity index (χ4v) is 3.15. The monoisotopic (exact) mass is 353 g/mol. The normalized spacial score (nSPS) is 16.2. The molecule has 3 rings (SSSR count). The molecule has 2 aromatic rings. The van der Waals surface area contributed by atoms with Gasteiger partial charge in [0.2, 0.25) is 0 Å². The average Bonchev–Trinajstić information content (AvgIpc) is 3.51. The van der Waals surface area contributed by atoms with E-state index in [1.807, 2.05) is 54.6 Å². The van der Waals surface area contributed by atoms with E-state index in [2.05, 4.69) is 19.2 Å². The van der Waals surface area contributed by atoms with E-state index in [0.717, 1.165) is 18.4 Å². The summed E-state index contributed by atoms with van der Waals surface area (Å²) in [6.45, 7) is 4.42. The molecule has 1 aliphatic rings. The molecule has 0 bridgehead atoms. The first-order valence-electron chi connectivity index (χ1n) is 9.26. The summed E-state index contributed by atoms with van der Waals surface area (Å²) in [5.74, 6) is 1.11. The van der Waals surface area contributed by atoms with Gasteiger partial charge in [-0.05, 0) is 47.9 Å². The van der Waals surface area contributed by atoms with Crippen LogP contribution in [0.15, 0.2) is 54.6 Å².